The molecule has 5 nitrogen and oxygen atoms in total. The van der Waals surface area contributed by atoms with Crippen molar-refractivity contribution in [3.05, 3.63) is 24.3 Å². The van der Waals surface area contributed by atoms with Gasteiger partial charge in [-0.2, -0.15) is 0 Å². The lowest BCUT2D eigenvalue weighted by Crippen LogP contribution is -2.03. The fourth-order valence-electron chi connectivity index (χ4n) is 1.46. The zero-order valence-corrected chi connectivity index (χ0v) is 8.13. The quantitative estimate of drug-likeness (QED) is 0.816. The summed E-state index contributed by atoms with van der Waals surface area (Å²) in [6.45, 7) is 0.590. The van der Waals surface area contributed by atoms with Crippen molar-refractivity contribution in [2.45, 2.75) is 19.4 Å². The van der Waals surface area contributed by atoms with E-state index >= 15 is 0 Å². The molecule has 1 N–H and O–H groups in total. The van der Waals surface area contributed by atoms with Crippen LogP contribution in [0.2, 0.25) is 0 Å². The molecular formula is C10H11N3O2. The second-order valence-corrected chi connectivity index (χ2v) is 3.30. The first-order chi connectivity index (χ1) is 7.27. The van der Waals surface area contributed by atoms with E-state index in [0.29, 0.717) is 13.0 Å². The summed E-state index contributed by atoms with van der Waals surface area (Å²) < 4.78 is 1.73. The van der Waals surface area contributed by atoms with Crippen LogP contribution in [0.1, 0.15) is 12.8 Å². The van der Waals surface area contributed by atoms with E-state index in [1.807, 2.05) is 24.3 Å². The van der Waals surface area contributed by atoms with Crippen LogP contribution < -0.4 is 0 Å². The Bertz CT molecular complexity index is 478. The summed E-state index contributed by atoms with van der Waals surface area (Å²) in [5.41, 5.74) is 1.79. The Balaban J connectivity index is 2.11. The maximum absolute atomic E-state index is 10.3. The Labute approximate surface area is 86.3 Å². The second-order valence-electron chi connectivity index (χ2n) is 3.30. The maximum Gasteiger partial charge on any atom is 0.303 e. The maximum atomic E-state index is 10.3. The molecule has 1 aromatic carbocycles. The van der Waals surface area contributed by atoms with Crippen LogP contribution in [0.5, 0.6) is 0 Å². The van der Waals surface area contributed by atoms with Crippen LogP contribution in [0.4, 0.5) is 0 Å². The molecule has 0 spiro atoms. The number of para-hydroxylation sites is 1. The number of aliphatic carboxylic acids is 1. The second kappa shape index (κ2) is 4.08. The topological polar surface area (TPSA) is 68.0 Å². The fourth-order valence-corrected chi connectivity index (χ4v) is 1.46. The third kappa shape index (κ3) is 2.12. The van der Waals surface area contributed by atoms with Gasteiger partial charge in [0, 0.05) is 13.0 Å². The minimum Gasteiger partial charge on any atom is -0.481 e. The highest BCUT2D eigenvalue weighted by molar-refractivity contribution is 5.73. The van der Waals surface area contributed by atoms with Crippen molar-refractivity contribution in [1.29, 1.82) is 0 Å². The van der Waals surface area contributed by atoms with E-state index in [9.17, 15) is 4.79 Å². The summed E-state index contributed by atoms with van der Waals surface area (Å²) >= 11 is 0. The first kappa shape index (κ1) is 9.64. The van der Waals surface area contributed by atoms with Crippen LogP contribution in [0.25, 0.3) is 11.0 Å². The van der Waals surface area contributed by atoms with Crippen LogP contribution in [0, 0.1) is 0 Å². The lowest BCUT2D eigenvalue weighted by atomic mass is 10.3. The van der Waals surface area contributed by atoms with Gasteiger partial charge in [0.1, 0.15) is 5.52 Å². The van der Waals surface area contributed by atoms with Crippen molar-refractivity contribution < 1.29 is 9.90 Å². The number of nitrogens with zero attached hydrogens (tertiary/aromatic N) is 3. The summed E-state index contributed by atoms with van der Waals surface area (Å²) in [6, 6.07) is 7.63. The molecular weight excluding hydrogens is 194 g/mol. The van der Waals surface area contributed by atoms with E-state index in [0.717, 1.165) is 11.0 Å². The molecule has 0 saturated carbocycles. The zero-order chi connectivity index (χ0) is 10.7. The van der Waals surface area contributed by atoms with Crippen molar-refractivity contribution in [2.75, 3.05) is 0 Å². The molecule has 0 aliphatic rings. The van der Waals surface area contributed by atoms with Crippen LogP contribution in [-0.4, -0.2) is 26.1 Å². The molecule has 2 rings (SSSR count). The van der Waals surface area contributed by atoms with Gasteiger partial charge in [-0.25, -0.2) is 4.68 Å². The minimum atomic E-state index is -0.778. The summed E-state index contributed by atoms with van der Waals surface area (Å²) in [7, 11) is 0. The average Bonchev–Trinajstić information content (AvgIpc) is 2.62. The molecule has 0 unspecified atom stereocenters. The molecule has 0 atom stereocenters. The van der Waals surface area contributed by atoms with Crippen LogP contribution in [0.15, 0.2) is 24.3 Å². The number of benzene rings is 1. The van der Waals surface area contributed by atoms with Crippen molar-refractivity contribution in [2.24, 2.45) is 0 Å². The molecule has 15 heavy (non-hydrogen) atoms. The first-order valence-electron chi connectivity index (χ1n) is 4.77. The average molecular weight is 205 g/mol. The number of carboxylic acid groups (broad SMARTS) is 1. The van der Waals surface area contributed by atoms with Gasteiger partial charge in [0.25, 0.3) is 0 Å². The molecule has 0 aliphatic heterocycles. The van der Waals surface area contributed by atoms with Crippen molar-refractivity contribution >= 4 is 17.0 Å². The highest BCUT2D eigenvalue weighted by Crippen LogP contribution is 2.10. The molecule has 1 aromatic heterocycles. The van der Waals surface area contributed by atoms with Crippen LogP contribution >= 0.6 is 0 Å². The Kier molecular flexibility index (Phi) is 2.62. The molecule has 0 saturated heterocycles. The number of hydrogen-bond acceptors (Lipinski definition) is 3. The summed E-state index contributed by atoms with van der Waals surface area (Å²) in [6.07, 6.45) is 0.733. The van der Waals surface area contributed by atoms with Crippen molar-refractivity contribution in [1.82, 2.24) is 15.0 Å². The predicted molar refractivity (Wildman–Crippen MR) is 54.4 cm³/mol. The number of hydrogen-bond donors (Lipinski definition) is 1. The van der Waals surface area contributed by atoms with Crippen molar-refractivity contribution in [3.63, 3.8) is 0 Å². The molecule has 2 aromatic rings. The highest BCUT2D eigenvalue weighted by atomic mass is 16.4. The minimum absolute atomic E-state index is 0.161. The molecule has 0 aliphatic carbocycles. The zero-order valence-electron chi connectivity index (χ0n) is 8.13. The molecule has 0 amide bonds. The lowest BCUT2D eigenvalue weighted by molar-refractivity contribution is -0.137. The normalized spacial score (nSPS) is 10.7. The van der Waals surface area contributed by atoms with Gasteiger partial charge in [-0.15, -0.1) is 5.10 Å². The summed E-state index contributed by atoms with van der Waals surface area (Å²) in [5.74, 6) is -0.778. The van der Waals surface area contributed by atoms with E-state index < -0.39 is 5.97 Å². The first-order valence-corrected chi connectivity index (χ1v) is 4.77. The summed E-state index contributed by atoms with van der Waals surface area (Å²) in [5, 5.41) is 16.5. The van der Waals surface area contributed by atoms with Gasteiger partial charge >= 0.3 is 5.97 Å². The molecule has 1 heterocycles. The number of carbonyl (C=O) groups is 1. The van der Waals surface area contributed by atoms with Gasteiger partial charge in [-0.3, -0.25) is 4.79 Å². The largest absolute Gasteiger partial charge is 0.481 e. The molecule has 5 heteroatoms. The van der Waals surface area contributed by atoms with E-state index in [1.54, 1.807) is 4.68 Å². The SMILES string of the molecule is O=C(O)CCCn1nnc2ccccc21. The van der Waals surface area contributed by atoms with Gasteiger partial charge in [0.05, 0.1) is 5.52 Å². The van der Waals surface area contributed by atoms with Gasteiger partial charge in [0.15, 0.2) is 0 Å². The number of fused-ring (bicyclic) bond motifs is 1. The third-order valence-electron chi connectivity index (χ3n) is 2.18. The number of carboxylic acids is 1. The number of aromatic nitrogens is 3. The van der Waals surface area contributed by atoms with E-state index in [2.05, 4.69) is 10.3 Å². The number of rotatable bonds is 4. The highest BCUT2D eigenvalue weighted by Gasteiger charge is 2.03. The Morgan fingerprint density at radius 2 is 2.20 bits per heavy atom. The monoisotopic (exact) mass is 205 g/mol. The van der Waals surface area contributed by atoms with Gasteiger partial charge in [0.2, 0.25) is 0 Å². The smallest absolute Gasteiger partial charge is 0.303 e. The van der Waals surface area contributed by atoms with Crippen LogP contribution in [0.3, 0.4) is 0 Å². The molecule has 0 bridgehead atoms. The third-order valence-corrected chi connectivity index (χ3v) is 2.18. The Morgan fingerprint density at radius 1 is 1.40 bits per heavy atom. The van der Waals surface area contributed by atoms with Crippen LogP contribution in [-0.2, 0) is 11.3 Å². The van der Waals surface area contributed by atoms with E-state index in [1.165, 1.54) is 0 Å². The summed E-state index contributed by atoms with van der Waals surface area (Å²) in [4.78, 5) is 10.3. The Hall–Kier alpha value is -1.91. The Morgan fingerprint density at radius 3 is 3.00 bits per heavy atom. The molecule has 0 fully saturated rings. The van der Waals surface area contributed by atoms with Crippen molar-refractivity contribution in [3.8, 4) is 0 Å². The number of aryl methyl sites for hydroxylation is 1. The van der Waals surface area contributed by atoms with E-state index in [4.69, 9.17) is 5.11 Å². The standard InChI is InChI=1S/C10H11N3O2/c14-10(15)6-3-7-13-9-5-2-1-4-8(9)11-12-13/h1-2,4-5H,3,6-7H2,(H,14,15). The molecule has 78 valence electrons. The lowest BCUT2D eigenvalue weighted by Gasteiger charge is -1.99. The van der Waals surface area contributed by atoms with Gasteiger partial charge in [-0.1, -0.05) is 17.3 Å². The fraction of sp³-hybridized carbons (Fsp3) is 0.300. The predicted octanol–water partition coefficient (Wildman–Crippen LogP) is 1.30. The van der Waals surface area contributed by atoms with Gasteiger partial charge < -0.3 is 5.11 Å². The van der Waals surface area contributed by atoms with Gasteiger partial charge in [-0.05, 0) is 18.6 Å². The molecule has 0 radical (unpaired) electrons. The van der Waals surface area contributed by atoms with E-state index in [-0.39, 0.29) is 6.42 Å².